The normalized spacial score (nSPS) is 26.7. The van der Waals surface area contributed by atoms with Crippen molar-refractivity contribution in [3.05, 3.63) is 35.1 Å². The third kappa shape index (κ3) is 3.26. The van der Waals surface area contributed by atoms with E-state index in [-0.39, 0.29) is 18.4 Å². The number of hydrogen-bond donors (Lipinski definition) is 1. The maximum Gasteiger partial charge on any atom is 0.419 e. The lowest BCUT2D eigenvalue weighted by Crippen LogP contribution is -2.42. The number of carbonyl (C=O) groups is 1. The van der Waals surface area contributed by atoms with E-state index in [1.54, 1.807) is 0 Å². The Morgan fingerprint density at radius 2 is 1.86 bits per heavy atom. The summed E-state index contributed by atoms with van der Waals surface area (Å²) in [5.74, 6) is -1.81. The molecule has 1 aromatic rings. The molecule has 6 heteroatoms. The van der Waals surface area contributed by atoms with Gasteiger partial charge >= 0.3 is 6.18 Å². The van der Waals surface area contributed by atoms with E-state index in [1.807, 2.05) is 6.92 Å². The minimum Gasteiger partial charge on any atom is -0.382 e. The largest absolute Gasteiger partial charge is 0.419 e. The van der Waals surface area contributed by atoms with Crippen molar-refractivity contribution in [2.75, 3.05) is 0 Å². The van der Waals surface area contributed by atoms with Gasteiger partial charge in [0.05, 0.1) is 5.56 Å². The molecule has 0 aromatic heterocycles. The molecule has 0 unspecified atom stereocenters. The van der Waals surface area contributed by atoms with Crippen LogP contribution in [0.4, 0.5) is 17.6 Å². The summed E-state index contributed by atoms with van der Waals surface area (Å²) in [4.78, 5) is 12.2. The Morgan fingerprint density at radius 1 is 1.29 bits per heavy atom. The van der Waals surface area contributed by atoms with Crippen molar-refractivity contribution in [3.8, 4) is 0 Å². The van der Waals surface area contributed by atoms with Crippen LogP contribution in [0.5, 0.6) is 0 Å². The molecule has 1 aliphatic carbocycles. The highest BCUT2D eigenvalue weighted by Crippen LogP contribution is 2.36. The number of benzene rings is 1. The fourth-order valence-electron chi connectivity index (χ4n) is 2.62. The Hall–Kier alpha value is -1.43. The molecule has 1 N–H and O–H groups in total. The van der Waals surface area contributed by atoms with E-state index in [2.05, 4.69) is 0 Å². The van der Waals surface area contributed by atoms with Crippen molar-refractivity contribution in [1.82, 2.24) is 0 Å². The molecular formula is C15H16F4O2. The molecule has 0 spiro atoms. The van der Waals surface area contributed by atoms with Crippen LogP contribution in [0.3, 0.4) is 0 Å². The van der Waals surface area contributed by atoms with Gasteiger partial charge in [-0.3, -0.25) is 4.79 Å². The highest BCUT2D eigenvalue weighted by atomic mass is 19.4. The number of halogens is 4. The van der Waals surface area contributed by atoms with Gasteiger partial charge in [0.15, 0.2) is 5.78 Å². The molecule has 0 amide bonds. The first-order valence-electron chi connectivity index (χ1n) is 6.77. The van der Waals surface area contributed by atoms with Crippen molar-refractivity contribution in [1.29, 1.82) is 0 Å². The van der Waals surface area contributed by atoms with E-state index in [9.17, 15) is 27.5 Å². The lowest BCUT2D eigenvalue weighted by molar-refractivity contribution is -0.140. The molecule has 21 heavy (non-hydrogen) atoms. The van der Waals surface area contributed by atoms with Gasteiger partial charge < -0.3 is 5.11 Å². The zero-order valence-corrected chi connectivity index (χ0v) is 11.5. The average Bonchev–Trinajstić information content (AvgIpc) is 2.40. The van der Waals surface area contributed by atoms with Crippen LogP contribution in [0.1, 0.15) is 48.5 Å². The van der Waals surface area contributed by atoms with Crippen LogP contribution < -0.4 is 0 Å². The van der Waals surface area contributed by atoms with Crippen LogP contribution in [-0.4, -0.2) is 16.5 Å². The monoisotopic (exact) mass is 304 g/mol. The summed E-state index contributed by atoms with van der Waals surface area (Å²) < 4.78 is 50.9. The molecule has 2 rings (SSSR count). The van der Waals surface area contributed by atoms with Crippen LogP contribution in [0, 0.1) is 11.7 Å². The molecular weight excluding hydrogens is 288 g/mol. The smallest absolute Gasteiger partial charge is 0.382 e. The number of aliphatic hydroxyl groups is 1. The average molecular weight is 304 g/mol. The third-order valence-corrected chi connectivity index (χ3v) is 4.06. The second-order valence-corrected chi connectivity index (χ2v) is 5.74. The summed E-state index contributed by atoms with van der Waals surface area (Å²) in [6.07, 6.45) is -3.00. The van der Waals surface area contributed by atoms with Gasteiger partial charge in [-0.1, -0.05) is 13.0 Å². The van der Waals surface area contributed by atoms with E-state index < -0.39 is 28.9 Å². The minimum absolute atomic E-state index is 0.224. The van der Waals surface area contributed by atoms with E-state index in [1.165, 1.54) is 0 Å². The summed E-state index contributed by atoms with van der Waals surface area (Å²) in [7, 11) is 0. The van der Waals surface area contributed by atoms with Crippen molar-refractivity contribution in [3.63, 3.8) is 0 Å². The lowest BCUT2D eigenvalue weighted by Gasteiger charge is -2.33. The predicted molar refractivity (Wildman–Crippen MR) is 68.3 cm³/mol. The summed E-state index contributed by atoms with van der Waals surface area (Å²) >= 11 is 0. The molecule has 0 bridgehead atoms. The van der Waals surface area contributed by atoms with E-state index in [0.29, 0.717) is 30.9 Å². The lowest BCUT2D eigenvalue weighted by atomic mass is 9.76. The standard InChI is InChI=1S/C15H16F4O2/c1-9-4-6-14(21,7-5-9)13(20)10-2-3-11(12(16)8-10)15(17,18)19/h2-3,8-9,21H,4-7H2,1H3. The summed E-state index contributed by atoms with van der Waals surface area (Å²) in [5, 5.41) is 10.3. The summed E-state index contributed by atoms with van der Waals surface area (Å²) in [5.41, 5.74) is -3.24. The Morgan fingerprint density at radius 3 is 2.33 bits per heavy atom. The second kappa shape index (κ2) is 5.40. The quantitative estimate of drug-likeness (QED) is 0.663. The van der Waals surface area contributed by atoms with E-state index in [0.717, 1.165) is 6.07 Å². The van der Waals surface area contributed by atoms with Crippen LogP contribution >= 0.6 is 0 Å². The van der Waals surface area contributed by atoms with Crippen LogP contribution in [0.15, 0.2) is 18.2 Å². The fourth-order valence-corrected chi connectivity index (χ4v) is 2.62. The number of alkyl halides is 3. The molecule has 2 nitrogen and oxygen atoms in total. The summed E-state index contributed by atoms with van der Waals surface area (Å²) in [6, 6.07) is 2.02. The van der Waals surface area contributed by atoms with E-state index in [4.69, 9.17) is 0 Å². The van der Waals surface area contributed by atoms with E-state index >= 15 is 0 Å². The van der Waals surface area contributed by atoms with Gasteiger partial charge in [0, 0.05) is 5.56 Å². The summed E-state index contributed by atoms with van der Waals surface area (Å²) in [6.45, 7) is 2.00. The number of rotatable bonds is 2. The third-order valence-electron chi connectivity index (χ3n) is 4.06. The number of hydrogen-bond acceptors (Lipinski definition) is 2. The van der Waals surface area contributed by atoms with Crippen molar-refractivity contribution < 1.29 is 27.5 Å². The van der Waals surface area contributed by atoms with Crippen molar-refractivity contribution >= 4 is 5.78 Å². The Bertz CT molecular complexity index is 543. The molecule has 0 saturated heterocycles. The highest BCUT2D eigenvalue weighted by Gasteiger charge is 2.40. The maximum absolute atomic E-state index is 13.5. The molecule has 1 saturated carbocycles. The molecule has 0 aliphatic heterocycles. The second-order valence-electron chi connectivity index (χ2n) is 5.74. The number of carbonyl (C=O) groups excluding carboxylic acids is 1. The van der Waals surface area contributed by atoms with Gasteiger partial charge in [-0.15, -0.1) is 0 Å². The van der Waals surface area contributed by atoms with Crippen LogP contribution in [-0.2, 0) is 6.18 Å². The van der Waals surface area contributed by atoms with Crippen LogP contribution in [0.25, 0.3) is 0 Å². The Balaban J connectivity index is 2.26. The van der Waals surface area contributed by atoms with Gasteiger partial charge in [-0.25, -0.2) is 4.39 Å². The first-order chi connectivity index (χ1) is 9.63. The minimum atomic E-state index is -4.80. The molecule has 1 fully saturated rings. The van der Waals surface area contributed by atoms with Crippen molar-refractivity contribution in [2.24, 2.45) is 5.92 Å². The SMILES string of the molecule is CC1CCC(O)(C(=O)c2ccc(C(F)(F)F)c(F)c2)CC1. The molecule has 0 radical (unpaired) electrons. The zero-order chi connectivity index (χ0) is 15.8. The van der Waals surface area contributed by atoms with Crippen molar-refractivity contribution in [2.45, 2.75) is 44.4 Å². The van der Waals surface area contributed by atoms with Gasteiger partial charge in [-0.05, 0) is 43.7 Å². The highest BCUT2D eigenvalue weighted by molar-refractivity contribution is 6.02. The number of Topliss-reactive ketones (excluding diaryl/α,β-unsaturated/α-hetero) is 1. The van der Waals surface area contributed by atoms with Gasteiger partial charge in [0.25, 0.3) is 0 Å². The Labute approximate surface area is 119 Å². The maximum atomic E-state index is 13.5. The molecule has 116 valence electrons. The predicted octanol–water partition coefficient (Wildman–Crippen LogP) is 3.97. The first kappa shape index (κ1) is 15.9. The Kier molecular flexibility index (Phi) is 4.10. The molecule has 1 aromatic carbocycles. The zero-order valence-electron chi connectivity index (χ0n) is 11.5. The first-order valence-corrected chi connectivity index (χ1v) is 6.77. The van der Waals surface area contributed by atoms with Gasteiger partial charge in [-0.2, -0.15) is 13.2 Å². The number of ketones is 1. The molecule has 0 atom stereocenters. The fraction of sp³-hybridized carbons (Fsp3) is 0.533. The molecule has 0 heterocycles. The van der Waals surface area contributed by atoms with Crippen LogP contribution in [0.2, 0.25) is 0 Å². The molecule has 1 aliphatic rings. The van der Waals surface area contributed by atoms with Gasteiger partial charge in [0.2, 0.25) is 0 Å². The topological polar surface area (TPSA) is 37.3 Å². The van der Waals surface area contributed by atoms with Gasteiger partial charge in [0.1, 0.15) is 11.4 Å².